The molecule has 1 saturated heterocycles. The molecular formula is C17H21NO3. The summed E-state index contributed by atoms with van der Waals surface area (Å²) in [5.74, 6) is 0.945. The quantitative estimate of drug-likeness (QED) is 0.865. The average Bonchev–Trinajstić information content (AvgIpc) is 3.00. The Kier molecular flexibility index (Phi) is 4.25. The summed E-state index contributed by atoms with van der Waals surface area (Å²) >= 11 is 0. The Morgan fingerprint density at radius 1 is 1.43 bits per heavy atom. The topological polar surface area (TPSA) is 49.8 Å². The standard InChI is InChI=1S/C17H21NO3/c19-12-15-3-1-2-9-18(15)17(20)7-5-13-4-6-16-14(11-13)8-10-21-16/h4-7,11,15,19H,1-3,8-10,12H2/b7-5+. The van der Waals surface area contributed by atoms with Crippen LogP contribution in [0.3, 0.4) is 0 Å². The fraction of sp³-hybridized carbons (Fsp3) is 0.471. The molecule has 0 bridgehead atoms. The lowest BCUT2D eigenvalue weighted by molar-refractivity contribution is -0.130. The number of piperidine rings is 1. The number of carbonyl (C=O) groups excluding carboxylic acids is 1. The second-order valence-corrected chi connectivity index (χ2v) is 5.66. The van der Waals surface area contributed by atoms with Crippen molar-refractivity contribution in [1.29, 1.82) is 0 Å². The monoisotopic (exact) mass is 287 g/mol. The lowest BCUT2D eigenvalue weighted by Gasteiger charge is -2.33. The van der Waals surface area contributed by atoms with E-state index in [1.54, 1.807) is 11.0 Å². The van der Waals surface area contributed by atoms with Crippen LogP contribution in [0, 0.1) is 0 Å². The fourth-order valence-electron chi connectivity index (χ4n) is 3.05. The van der Waals surface area contributed by atoms with Crippen molar-refractivity contribution in [3.05, 3.63) is 35.4 Å². The molecular weight excluding hydrogens is 266 g/mol. The van der Waals surface area contributed by atoms with Gasteiger partial charge in [0.25, 0.3) is 0 Å². The first kappa shape index (κ1) is 14.1. The molecule has 0 saturated carbocycles. The minimum atomic E-state index is -0.0238. The number of ether oxygens (including phenoxy) is 1. The predicted octanol–water partition coefficient (Wildman–Crippen LogP) is 2.01. The molecule has 21 heavy (non-hydrogen) atoms. The second-order valence-electron chi connectivity index (χ2n) is 5.66. The third kappa shape index (κ3) is 3.10. The van der Waals surface area contributed by atoms with Crippen molar-refractivity contribution < 1.29 is 14.6 Å². The van der Waals surface area contributed by atoms with Gasteiger partial charge < -0.3 is 14.7 Å². The zero-order valence-corrected chi connectivity index (χ0v) is 12.1. The highest BCUT2D eigenvalue weighted by atomic mass is 16.5. The average molecular weight is 287 g/mol. The molecule has 1 N–H and O–H groups in total. The molecule has 1 atom stereocenters. The lowest BCUT2D eigenvalue weighted by atomic mass is 10.0. The maximum absolute atomic E-state index is 12.3. The second kappa shape index (κ2) is 6.31. The van der Waals surface area contributed by atoms with Gasteiger partial charge in [-0.1, -0.05) is 6.07 Å². The first-order valence-corrected chi connectivity index (χ1v) is 7.63. The number of hydrogen-bond acceptors (Lipinski definition) is 3. The summed E-state index contributed by atoms with van der Waals surface area (Å²) in [6.07, 6.45) is 7.40. The Morgan fingerprint density at radius 2 is 2.33 bits per heavy atom. The largest absolute Gasteiger partial charge is 0.493 e. The Balaban J connectivity index is 1.68. The summed E-state index contributed by atoms with van der Waals surface area (Å²) < 4.78 is 5.48. The van der Waals surface area contributed by atoms with E-state index in [-0.39, 0.29) is 18.6 Å². The van der Waals surface area contributed by atoms with E-state index in [0.717, 1.165) is 50.1 Å². The molecule has 0 aliphatic carbocycles. The molecule has 1 aromatic rings. The SMILES string of the molecule is O=C(/C=C/c1ccc2c(c1)CCO2)N1CCCCC1CO. The van der Waals surface area contributed by atoms with E-state index in [4.69, 9.17) is 4.74 Å². The van der Waals surface area contributed by atoms with Crippen molar-refractivity contribution in [3.8, 4) is 5.75 Å². The third-order valence-corrected chi connectivity index (χ3v) is 4.25. The van der Waals surface area contributed by atoms with Crippen LogP contribution >= 0.6 is 0 Å². The van der Waals surface area contributed by atoms with Gasteiger partial charge in [0.05, 0.1) is 19.3 Å². The Labute approximate surface area is 125 Å². The number of aliphatic hydroxyl groups excluding tert-OH is 1. The van der Waals surface area contributed by atoms with Crippen molar-refractivity contribution in [2.75, 3.05) is 19.8 Å². The number of carbonyl (C=O) groups is 1. The van der Waals surface area contributed by atoms with E-state index < -0.39 is 0 Å². The van der Waals surface area contributed by atoms with Gasteiger partial charge in [0, 0.05) is 19.0 Å². The van der Waals surface area contributed by atoms with Gasteiger partial charge in [0.15, 0.2) is 0 Å². The molecule has 0 radical (unpaired) electrons. The Morgan fingerprint density at radius 3 is 3.19 bits per heavy atom. The summed E-state index contributed by atoms with van der Waals surface area (Å²) in [5.41, 5.74) is 2.22. The van der Waals surface area contributed by atoms with Crippen LogP contribution in [-0.2, 0) is 11.2 Å². The van der Waals surface area contributed by atoms with E-state index in [2.05, 4.69) is 6.07 Å². The molecule has 2 aliphatic heterocycles. The summed E-state index contributed by atoms with van der Waals surface area (Å²) in [5, 5.41) is 9.37. The molecule has 1 fully saturated rings. The van der Waals surface area contributed by atoms with E-state index in [1.807, 2.05) is 18.2 Å². The van der Waals surface area contributed by atoms with Crippen molar-refractivity contribution in [2.24, 2.45) is 0 Å². The van der Waals surface area contributed by atoms with Gasteiger partial charge in [0.1, 0.15) is 5.75 Å². The minimum Gasteiger partial charge on any atom is -0.493 e. The summed E-state index contributed by atoms with van der Waals surface area (Å²) in [6, 6.07) is 5.98. The summed E-state index contributed by atoms with van der Waals surface area (Å²) in [7, 11) is 0. The van der Waals surface area contributed by atoms with E-state index >= 15 is 0 Å². The molecule has 1 unspecified atom stereocenters. The predicted molar refractivity (Wildman–Crippen MR) is 81.1 cm³/mol. The number of rotatable bonds is 3. The molecule has 3 rings (SSSR count). The molecule has 2 aliphatic rings. The molecule has 1 aromatic carbocycles. The van der Waals surface area contributed by atoms with Gasteiger partial charge in [-0.3, -0.25) is 4.79 Å². The van der Waals surface area contributed by atoms with Crippen LogP contribution in [0.4, 0.5) is 0 Å². The molecule has 0 spiro atoms. The molecule has 2 heterocycles. The molecule has 112 valence electrons. The number of likely N-dealkylation sites (tertiary alicyclic amines) is 1. The number of nitrogens with zero attached hydrogens (tertiary/aromatic N) is 1. The van der Waals surface area contributed by atoms with E-state index in [0.29, 0.717) is 0 Å². The molecule has 4 nitrogen and oxygen atoms in total. The van der Waals surface area contributed by atoms with Crippen molar-refractivity contribution in [1.82, 2.24) is 4.90 Å². The zero-order chi connectivity index (χ0) is 14.7. The van der Waals surface area contributed by atoms with Crippen LogP contribution in [-0.4, -0.2) is 41.7 Å². The minimum absolute atomic E-state index is 0.00880. The van der Waals surface area contributed by atoms with Crippen LogP contribution < -0.4 is 4.74 Å². The molecule has 4 heteroatoms. The van der Waals surface area contributed by atoms with Crippen LogP contribution in [0.25, 0.3) is 6.08 Å². The summed E-state index contributed by atoms with van der Waals surface area (Å²) in [6.45, 7) is 1.54. The van der Waals surface area contributed by atoms with Gasteiger partial charge >= 0.3 is 0 Å². The van der Waals surface area contributed by atoms with Crippen LogP contribution in [0.2, 0.25) is 0 Å². The van der Waals surface area contributed by atoms with E-state index in [1.165, 1.54) is 5.56 Å². The van der Waals surface area contributed by atoms with Gasteiger partial charge in [-0.25, -0.2) is 0 Å². The smallest absolute Gasteiger partial charge is 0.246 e. The molecule has 1 amide bonds. The normalized spacial score (nSPS) is 21.4. The van der Waals surface area contributed by atoms with Crippen LogP contribution in [0.5, 0.6) is 5.75 Å². The number of benzene rings is 1. The number of aliphatic hydroxyl groups is 1. The molecule has 0 aromatic heterocycles. The van der Waals surface area contributed by atoms with Crippen molar-refractivity contribution in [2.45, 2.75) is 31.7 Å². The third-order valence-electron chi connectivity index (χ3n) is 4.25. The van der Waals surface area contributed by atoms with Crippen molar-refractivity contribution in [3.63, 3.8) is 0 Å². The zero-order valence-electron chi connectivity index (χ0n) is 12.1. The number of hydrogen-bond donors (Lipinski definition) is 1. The first-order chi connectivity index (χ1) is 10.3. The van der Waals surface area contributed by atoms with Crippen molar-refractivity contribution >= 4 is 12.0 Å². The first-order valence-electron chi connectivity index (χ1n) is 7.63. The van der Waals surface area contributed by atoms with Gasteiger partial charge in [-0.05, 0) is 48.6 Å². The summed E-state index contributed by atoms with van der Waals surface area (Å²) in [4.78, 5) is 14.1. The van der Waals surface area contributed by atoms with Crippen LogP contribution in [0.15, 0.2) is 24.3 Å². The number of amides is 1. The highest BCUT2D eigenvalue weighted by Crippen LogP contribution is 2.26. The lowest BCUT2D eigenvalue weighted by Crippen LogP contribution is -2.44. The fourth-order valence-corrected chi connectivity index (χ4v) is 3.05. The van der Waals surface area contributed by atoms with Crippen LogP contribution in [0.1, 0.15) is 30.4 Å². The highest BCUT2D eigenvalue weighted by Gasteiger charge is 2.24. The van der Waals surface area contributed by atoms with Gasteiger partial charge in [0.2, 0.25) is 5.91 Å². The number of fused-ring (bicyclic) bond motifs is 1. The van der Waals surface area contributed by atoms with Gasteiger partial charge in [-0.2, -0.15) is 0 Å². The Hall–Kier alpha value is -1.81. The van der Waals surface area contributed by atoms with Gasteiger partial charge in [-0.15, -0.1) is 0 Å². The maximum Gasteiger partial charge on any atom is 0.246 e. The van der Waals surface area contributed by atoms with E-state index in [9.17, 15) is 9.90 Å². The maximum atomic E-state index is 12.3. The highest BCUT2D eigenvalue weighted by molar-refractivity contribution is 5.92. The Bertz CT molecular complexity index is 553.